The van der Waals surface area contributed by atoms with Crippen molar-refractivity contribution in [3.8, 4) is 0 Å². The van der Waals surface area contributed by atoms with Crippen LogP contribution in [0.1, 0.15) is 19.1 Å². The molecule has 0 aliphatic heterocycles. The minimum absolute atomic E-state index is 0.00233. The fraction of sp³-hybridized carbons (Fsp3) is 0.556. The van der Waals surface area contributed by atoms with Gasteiger partial charge in [-0.25, -0.2) is 0 Å². The van der Waals surface area contributed by atoms with E-state index in [4.69, 9.17) is 18.7 Å². The quantitative estimate of drug-likeness (QED) is 0.245. The third kappa shape index (κ3) is 9.36. The molecule has 0 aliphatic carbocycles. The number of furan rings is 1. The van der Waals surface area contributed by atoms with Crippen LogP contribution in [-0.2, 0) is 30.4 Å². The van der Waals surface area contributed by atoms with Gasteiger partial charge in [-0.15, -0.1) is 0 Å². The van der Waals surface area contributed by atoms with Crippen molar-refractivity contribution in [2.24, 2.45) is 11.1 Å². The summed E-state index contributed by atoms with van der Waals surface area (Å²) in [5.41, 5.74) is 0. The minimum Gasteiger partial charge on any atom is -0.469 e. The predicted octanol–water partition coefficient (Wildman–Crippen LogP) is 1.93. The first-order valence-corrected chi connectivity index (χ1v) is 8.26. The molecule has 1 aromatic heterocycles. The Morgan fingerprint density at radius 1 is 1.38 bits per heavy atom. The van der Waals surface area contributed by atoms with E-state index in [0.717, 1.165) is 0 Å². The van der Waals surface area contributed by atoms with Crippen LogP contribution in [0, 0.1) is 5.92 Å². The van der Waals surface area contributed by atoms with Gasteiger partial charge < -0.3 is 28.6 Å². The molecule has 1 aromatic rings. The number of methoxy groups -OCH3 is 2. The lowest BCUT2D eigenvalue weighted by atomic mass is 10.0. The molecule has 26 heavy (non-hydrogen) atoms. The Hall–Kier alpha value is -2.16. The molecule has 146 valence electrons. The summed E-state index contributed by atoms with van der Waals surface area (Å²) in [5, 5.41) is 13.6. The van der Waals surface area contributed by atoms with Gasteiger partial charge in [-0.2, -0.15) is 0 Å². The lowest BCUT2D eigenvalue weighted by Crippen LogP contribution is -2.22. The highest BCUT2D eigenvalue weighted by molar-refractivity contribution is 5.71. The van der Waals surface area contributed by atoms with Gasteiger partial charge in [-0.1, -0.05) is 24.2 Å². The van der Waals surface area contributed by atoms with Crippen molar-refractivity contribution in [2.75, 3.05) is 27.4 Å². The molecular formula is C18H27NO7. The molecule has 0 saturated carbocycles. The average molecular weight is 369 g/mol. The Morgan fingerprint density at radius 3 is 2.85 bits per heavy atom. The van der Waals surface area contributed by atoms with Gasteiger partial charge in [0.1, 0.15) is 31.2 Å². The summed E-state index contributed by atoms with van der Waals surface area (Å²) in [7, 11) is 2.90. The molecule has 0 saturated heterocycles. The highest BCUT2D eigenvalue weighted by Gasteiger charge is 2.12. The molecule has 0 fully saturated rings. The molecule has 0 spiro atoms. The lowest BCUT2D eigenvalue weighted by Gasteiger charge is -2.15. The van der Waals surface area contributed by atoms with Gasteiger partial charge in [-0.3, -0.25) is 4.79 Å². The first kappa shape index (κ1) is 21.9. The van der Waals surface area contributed by atoms with E-state index in [9.17, 15) is 9.90 Å². The fourth-order valence-electron chi connectivity index (χ4n) is 1.95. The summed E-state index contributed by atoms with van der Waals surface area (Å²) in [6, 6.07) is 3.56. The van der Waals surface area contributed by atoms with Gasteiger partial charge in [0.05, 0.1) is 32.6 Å². The van der Waals surface area contributed by atoms with E-state index in [2.05, 4.69) is 9.89 Å². The Bertz CT molecular complexity index is 542. The minimum atomic E-state index is -0.805. The number of oxime groups is 1. The highest BCUT2D eigenvalue weighted by atomic mass is 16.6. The van der Waals surface area contributed by atoms with Gasteiger partial charge in [0.25, 0.3) is 0 Å². The van der Waals surface area contributed by atoms with Gasteiger partial charge in [0.2, 0.25) is 0 Å². The molecule has 1 heterocycles. The second-order valence-corrected chi connectivity index (χ2v) is 5.57. The lowest BCUT2D eigenvalue weighted by molar-refractivity contribution is -0.139. The zero-order valence-corrected chi connectivity index (χ0v) is 15.4. The standard InChI is InChI=1S/C18H27NO7/c1-14(6-4-8-18(21)23-3)17(22-2)10-19-26-12-15(20)11-24-13-16-7-5-9-25-16/h4-7,9-10,14-15,17,20H,8,11-13H2,1-3H3/b6-4+,19-10+/t14-,15+,17-/m1/s1. The van der Waals surface area contributed by atoms with Crippen LogP contribution in [0.25, 0.3) is 0 Å². The number of ether oxygens (including phenoxy) is 3. The van der Waals surface area contributed by atoms with Crippen LogP contribution >= 0.6 is 0 Å². The number of nitrogens with zero attached hydrogens (tertiary/aromatic N) is 1. The largest absolute Gasteiger partial charge is 0.469 e. The van der Waals surface area contributed by atoms with Gasteiger partial charge in [-0.05, 0) is 12.1 Å². The van der Waals surface area contributed by atoms with Crippen LogP contribution in [0.5, 0.6) is 0 Å². The van der Waals surface area contributed by atoms with Crippen LogP contribution in [0.15, 0.2) is 40.1 Å². The predicted molar refractivity (Wildman–Crippen MR) is 94.5 cm³/mol. The number of aliphatic hydroxyl groups is 1. The molecule has 0 aromatic carbocycles. The zero-order chi connectivity index (χ0) is 19.2. The normalized spacial score (nSPS) is 15.2. The maximum atomic E-state index is 11.1. The van der Waals surface area contributed by atoms with Crippen molar-refractivity contribution in [3.63, 3.8) is 0 Å². The maximum Gasteiger partial charge on any atom is 0.309 e. The van der Waals surface area contributed by atoms with E-state index in [1.807, 2.05) is 13.0 Å². The Morgan fingerprint density at radius 2 is 2.19 bits per heavy atom. The molecule has 1 rings (SSSR count). The van der Waals surface area contributed by atoms with Gasteiger partial charge in [0.15, 0.2) is 0 Å². The van der Waals surface area contributed by atoms with Crippen LogP contribution in [0.4, 0.5) is 0 Å². The summed E-state index contributed by atoms with van der Waals surface area (Å²) >= 11 is 0. The molecule has 0 amide bonds. The van der Waals surface area contributed by atoms with E-state index < -0.39 is 6.10 Å². The molecule has 3 atom stereocenters. The first-order chi connectivity index (χ1) is 12.6. The Balaban J connectivity index is 2.23. The summed E-state index contributed by atoms with van der Waals surface area (Å²) in [6.07, 6.45) is 5.70. The molecular weight excluding hydrogens is 342 g/mol. The highest BCUT2D eigenvalue weighted by Crippen LogP contribution is 2.08. The smallest absolute Gasteiger partial charge is 0.309 e. The summed E-state index contributed by atoms with van der Waals surface area (Å²) in [4.78, 5) is 16.1. The molecule has 0 radical (unpaired) electrons. The fourth-order valence-corrected chi connectivity index (χ4v) is 1.95. The molecule has 0 unspecified atom stereocenters. The third-order valence-corrected chi connectivity index (χ3v) is 3.43. The summed E-state index contributed by atoms with van der Waals surface area (Å²) in [5.74, 6) is 0.370. The van der Waals surface area contributed by atoms with Crippen molar-refractivity contribution in [1.82, 2.24) is 0 Å². The van der Waals surface area contributed by atoms with Crippen molar-refractivity contribution < 1.29 is 33.4 Å². The molecule has 0 aliphatic rings. The average Bonchev–Trinajstić information content (AvgIpc) is 3.14. The Labute approximate surface area is 153 Å². The SMILES string of the molecule is COC(=O)C/C=C/[C@@H](C)[C@@H](/C=N/OC[C@@H](O)COCc1ccco1)OC. The number of rotatable bonds is 13. The van der Waals surface area contributed by atoms with E-state index in [-0.39, 0.29) is 44.2 Å². The maximum absolute atomic E-state index is 11.1. The molecule has 1 N–H and O–H groups in total. The number of aliphatic hydroxyl groups excluding tert-OH is 1. The molecule has 0 bridgehead atoms. The second-order valence-electron chi connectivity index (χ2n) is 5.57. The van der Waals surface area contributed by atoms with Crippen LogP contribution in [0.3, 0.4) is 0 Å². The van der Waals surface area contributed by atoms with Crippen molar-refractivity contribution in [1.29, 1.82) is 0 Å². The van der Waals surface area contributed by atoms with E-state index >= 15 is 0 Å². The number of carbonyl (C=O) groups excluding carboxylic acids is 1. The van der Waals surface area contributed by atoms with Crippen molar-refractivity contribution in [2.45, 2.75) is 32.2 Å². The van der Waals surface area contributed by atoms with E-state index in [0.29, 0.717) is 5.76 Å². The summed E-state index contributed by atoms with van der Waals surface area (Å²) < 4.78 is 20.3. The second kappa shape index (κ2) is 13.1. The van der Waals surface area contributed by atoms with Crippen molar-refractivity contribution >= 4 is 12.2 Å². The van der Waals surface area contributed by atoms with Crippen molar-refractivity contribution in [3.05, 3.63) is 36.3 Å². The van der Waals surface area contributed by atoms with Crippen LogP contribution in [-0.4, -0.2) is 56.9 Å². The van der Waals surface area contributed by atoms with Gasteiger partial charge in [0, 0.05) is 13.0 Å². The topological polar surface area (TPSA) is 99.7 Å². The van der Waals surface area contributed by atoms with E-state index in [1.54, 1.807) is 31.6 Å². The number of esters is 1. The van der Waals surface area contributed by atoms with Gasteiger partial charge >= 0.3 is 5.97 Å². The van der Waals surface area contributed by atoms with Crippen LogP contribution in [0.2, 0.25) is 0 Å². The number of carbonyl (C=O) groups is 1. The monoisotopic (exact) mass is 369 g/mol. The number of hydrogen-bond acceptors (Lipinski definition) is 8. The third-order valence-electron chi connectivity index (χ3n) is 3.43. The Kier molecular flexibility index (Phi) is 11.0. The van der Waals surface area contributed by atoms with Crippen LogP contribution < -0.4 is 0 Å². The molecule has 8 nitrogen and oxygen atoms in total. The van der Waals surface area contributed by atoms with E-state index in [1.165, 1.54) is 13.3 Å². The zero-order valence-electron chi connectivity index (χ0n) is 15.4. The number of hydrogen-bond donors (Lipinski definition) is 1. The summed E-state index contributed by atoms with van der Waals surface area (Å²) in [6.45, 7) is 2.31. The molecule has 8 heteroatoms. The first-order valence-electron chi connectivity index (χ1n) is 8.26.